The van der Waals surface area contributed by atoms with Gasteiger partial charge in [-0.3, -0.25) is 5.10 Å². The monoisotopic (exact) mass is 295 g/mol. The molecule has 0 fully saturated rings. The molecule has 1 unspecified atom stereocenters. The van der Waals surface area contributed by atoms with Crippen molar-refractivity contribution in [1.29, 1.82) is 0 Å². The summed E-state index contributed by atoms with van der Waals surface area (Å²) < 4.78 is 5.71. The molecule has 0 saturated carbocycles. The van der Waals surface area contributed by atoms with E-state index in [-0.39, 0.29) is 6.54 Å². The van der Waals surface area contributed by atoms with Crippen LogP contribution in [0.25, 0.3) is 22.0 Å². The molecule has 6 nitrogen and oxygen atoms in total. The number of carbonyl (C=O) groups is 1. The molecule has 4 rings (SSSR count). The number of aromatic nitrogens is 2. The molecule has 2 heterocycles. The van der Waals surface area contributed by atoms with Crippen LogP contribution in [0.15, 0.2) is 42.6 Å². The number of aliphatic carboxylic acids is 1. The zero-order chi connectivity index (χ0) is 15.1. The van der Waals surface area contributed by atoms with E-state index in [9.17, 15) is 9.90 Å². The van der Waals surface area contributed by atoms with Crippen molar-refractivity contribution in [1.82, 2.24) is 10.2 Å². The highest BCUT2D eigenvalue weighted by molar-refractivity contribution is 5.97. The zero-order valence-corrected chi connectivity index (χ0v) is 11.5. The number of hydrogen-bond donors (Lipinski definition) is 3. The molecule has 0 amide bonds. The van der Waals surface area contributed by atoms with E-state index >= 15 is 0 Å². The first-order valence-electron chi connectivity index (χ1n) is 6.93. The van der Waals surface area contributed by atoms with Gasteiger partial charge in [0.1, 0.15) is 0 Å². The maximum absolute atomic E-state index is 11.2. The Balaban J connectivity index is 1.90. The second-order valence-electron chi connectivity index (χ2n) is 5.14. The predicted octanol–water partition coefficient (Wildman–Crippen LogP) is 2.49. The number of fused-ring (bicyclic) bond motifs is 2. The predicted molar refractivity (Wildman–Crippen MR) is 82.1 cm³/mol. The van der Waals surface area contributed by atoms with Crippen LogP contribution >= 0.6 is 0 Å². The van der Waals surface area contributed by atoms with E-state index in [4.69, 9.17) is 4.74 Å². The summed E-state index contributed by atoms with van der Waals surface area (Å²) in [6.07, 6.45) is 0.867. The Labute approximate surface area is 125 Å². The molecule has 0 saturated heterocycles. The van der Waals surface area contributed by atoms with Crippen molar-refractivity contribution < 1.29 is 14.6 Å². The number of hydrogen-bond acceptors (Lipinski definition) is 4. The number of nitrogens with zero attached hydrogens (tertiary/aromatic N) is 1. The molecule has 1 aliphatic heterocycles. The van der Waals surface area contributed by atoms with Gasteiger partial charge in [-0.2, -0.15) is 5.10 Å². The van der Waals surface area contributed by atoms with Gasteiger partial charge in [0.25, 0.3) is 0 Å². The van der Waals surface area contributed by atoms with E-state index in [1.807, 2.05) is 36.4 Å². The minimum Gasteiger partial charge on any atom is -0.478 e. The lowest BCUT2D eigenvalue weighted by Crippen LogP contribution is -2.37. The molecule has 0 bridgehead atoms. The van der Waals surface area contributed by atoms with Crippen LogP contribution in [0.3, 0.4) is 0 Å². The van der Waals surface area contributed by atoms with Gasteiger partial charge in [0.15, 0.2) is 5.75 Å². The van der Waals surface area contributed by atoms with Gasteiger partial charge in [-0.15, -0.1) is 0 Å². The summed E-state index contributed by atoms with van der Waals surface area (Å²) in [4.78, 5) is 11.2. The quantitative estimate of drug-likeness (QED) is 0.676. The highest BCUT2D eigenvalue weighted by Crippen LogP contribution is 2.41. The number of aromatic amines is 1. The van der Waals surface area contributed by atoms with Crippen molar-refractivity contribution in [2.45, 2.75) is 6.10 Å². The number of ether oxygens (including phenoxy) is 1. The molecule has 2 aromatic carbocycles. The molecule has 110 valence electrons. The summed E-state index contributed by atoms with van der Waals surface area (Å²) in [5.41, 5.74) is 3.53. The van der Waals surface area contributed by atoms with E-state index in [0.717, 1.165) is 27.7 Å². The van der Waals surface area contributed by atoms with Gasteiger partial charge in [-0.05, 0) is 17.7 Å². The third-order valence-corrected chi connectivity index (χ3v) is 3.80. The van der Waals surface area contributed by atoms with Crippen molar-refractivity contribution in [3.05, 3.63) is 42.6 Å². The topological polar surface area (TPSA) is 87.2 Å². The Hall–Kier alpha value is -3.02. The summed E-state index contributed by atoms with van der Waals surface area (Å²) in [6.45, 7) is 0.252. The SMILES string of the molecule is O=C(O)C1CNc2cccc(-c3cccc4[nH]ncc34)c2O1. The minimum absolute atomic E-state index is 0.252. The van der Waals surface area contributed by atoms with Gasteiger partial charge in [0.2, 0.25) is 6.10 Å². The Bertz CT molecular complexity index is 872. The van der Waals surface area contributed by atoms with Crippen molar-refractivity contribution in [3.63, 3.8) is 0 Å². The smallest absolute Gasteiger partial charge is 0.346 e. The maximum Gasteiger partial charge on any atom is 0.346 e. The Kier molecular flexibility index (Phi) is 2.75. The molecule has 6 heteroatoms. The summed E-state index contributed by atoms with van der Waals surface area (Å²) in [7, 11) is 0. The maximum atomic E-state index is 11.2. The van der Waals surface area contributed by atoms with Crippen LogP contribution < -0.4 is 10.1 Å². The summed E-state index contributed by atoms with van der Waals surface area (Å²) in [6, 6.07) is 11.6. The molecular formula is C16H13N3O3. The molecule has 1 aromatic heterocycles. The van der Waals surface area contributed by atoms with E-state index in [1.165, 1.54) is 0 Å². The Morgan fingerprint density at radius 1 is 1.23 bits per heavy atom. The van der Waals surface area contributed by atoms with Crippen LogP contribution in [-0.4, -0.2) is 33.9 Å². The molecule has 1 atom stereocenters. The number of carboxylic acid groups (broad SMARTS) is 1. The van der Waals surface area contributed by atoms with Crippen LogP contribution in [-0.2, 0) is 4.79 Å². The number of H-pyrrole nitrogens is 1. The van der Waals surface area contributed by atoms with E-state index in [1.54, 1.807) is 6.20 Å². The minimum atomic E-state index is -0.977. The van der Waals surface area contributed by atoms with E-state index in [0.29, 0.717) is 5.75 Å². The average Bonchev–Trinajstić information content (AvgIpc) is 3.02. The first-order chi connectivity index (χ1) is 10.7. The van der Waals surface area contributed by atoms with Crippen molar-refractivity contribution >= 4 is 22.6 Å². The lowest BCUT2D eigenvalue weighted by Gasteiger charge is -2.26. The number of para-hydroxylation sites is 1. The van der Waals surface area contributed by atoms with Gasteiger partial charge < -0.3 is 15.2 Å². The third kappa shape index (κ3) is 1.88. The lowest BCUT2D eigenvalue weighted by molar-refractivity contribution is -0.144. The van der Waals surface area contributed by atoms with Crippen LogP contribution in [0.5, 0.6) is 5.75 Å². The van der Waals surface area contributed by atoms with Crippen LogP contribution in [0.1, 0.15) is 0 Å². The number of anilines is 1. The summed E-state index contributed by atoms with van der Waals surface area (Å²) in [5, 5.41) is 20.3. The first-order valence-corrected chi connectivity index (χ1v) is 6.93. The van der Waals surface area contributed by atoms with Crippen molar-refractivity contribution in [3.8, 4) is 16.9 Å². The van der Waals surface area contributed by atoms with Crippen molar-refractivity contribution in [2.24, 2.45) is 0 Å². The standard InChI is InChI=1S/C16H13N3O3/c20-16(21)14-8-17-13-6-2-4-10(15(13)22-14)9-3-1-5-12-11(9)7-18-19-12/h1-7,14,17H,8H2,(H,18,19)(H,20,21). The lowest BCUT2D eigenvalue weighted by atomic mass is 9.99. The van der Waals surface area contributed by atoms with Gasteiger partial charge >= 0.3 is 5.97 Å². The molecule has 22 heavy (non-hydrogen) atoms. The molecule has 0 aliphatic carbocycles. The molecule has 0 spiro atoms. The van der Waals surface area contributed by atoms with Gasteiger partial charge in [0, 0.05) is 10.9 Å². The molecule has 3 aromatic rings. The second-order valence-corrected chi connectivity index (χ2v) is 5.14. The number of benzene rings is 2. The number of carboxylic acids is 1. The fourth-order valence-corrected chi connectivity index (χ4v) is 2.74. The second kappa shape index (κ2) is 4.77. The van der Waals surface area contributed by atoms with Crippen LogP contribution in [0.2, 0.25) is 0 Å². The summed E-state index contributed by atoms with van der Waals surface area (Å²) >= 11 is 0. The normalized spacial score (nSPS) is 16.6. The Morgan fingerprint density at radius 3 is 2.91 bits per heavy atom. The number of nitrogens with one attached hydrogen (secondary N) is 2. The molecule has 1 aliphatic rings. The molecule has 0 radical (unpaired) electrons. The third-order valence-electron chi connectivity index (χ3n) is 3.80. The molecule has 3 N–H and O–H groups in total. The van der Waals surface area contributed by atoms with Gasteiger partial charge in [-0.1, -0.05) is 24.3 Å². The highest BCUT2D eigenvalue weighted by atomic mass is 16.5. The fourth-order valence-electron chi connectivity index (χ4n) is 2.74. The van der Waals surface area contributed by atoms with Gasteiger partial charge in [0.05, 0.1) is 23.9 Å². The largest absolute Gasteiger partial charge is 0.478 e. The first kappa shape index (κ1) is 12.7. The van der Waals surface area contributed by atoms with Gasteiger partial charge in [-0.25, -0.2) is 4.79 Å². The van der Waals surface area contributed by atoms with E-state index in [2.05, 4.69) is 15.5 Å². The van der Waals surface area contributed by atoms with E-state index < -0.39 is 12.1 Å². The highest BCUT2D eigenvalue weighted by Gasteiger charge is 2.27. The summed E-state index contributed by atoms with van der Waals surface area (Å²) in [5.74, 6) is -0.413. The van der Waals surface area contributed by atoms with Crippen molar-refractivity contribution in [2.75, 3.05) is 11.9 Å². The molecular weight excluding hydrogens is 282 g/mol. The van der Waals surface area contributed by atoms with Crippen LogP contribution in [0.4, 0.5) is 5.69 Å². The Morgan fingerprint density at radius 2 is 2.05 bits per heavy atom. The average molecular weight is 295 g/mol. The van der Waals surface area contributed by atoms with Crippen LogP contribution in [0, 0.1) is 0 Å². The zero-order valence-electron chi connectivity index (χ0n) is 11.5. The number of rotatable bonds is 2. The fraction of sp³-hybridized carbons (Fsp3) is 0.125.